The van der Waals surface area contributed by atoms with E-state index in [9.17, 15) is 4.79 Å². The zero-order valence-corrected chi connectivity index (χ0v) is 8.06. The molecule has 0 bridgehead atoms. The van der Waals surface area contributed by atoms with E-state index in [1.807, 2.05) is 6.07 Å². The number of carbonyl (C=O) groups is 1. The van der Waals surface area contributed by atoms with E-state index < -0.39 is 0 Å². The summed E-state index contributed by atoms with van der Waals surface area (Å²) < 4.78 is 1.03. The van der Waals surface area contributed by atoms with Crippen LogP contribution in [0.4, 0.5) is 0 Å². The van der Waals surface area contributed by atoms with E-state index in [2.05, 4.69) is 15.2 Å². The van der Waals surface area contributed by atoms with Crippen molar-refractivity contribution in [3.8, 4) is 0 Å². The monoisotopic (exact) mass is 211 g/mol. The lowest BCUT2D eigenvalue weighted by Gasteiger charge is -1.88. The van der Waals surface area contributed by atoms with Crippen molar-refractivity contribution in [3.63, 3.8) is 0 Å². The molecule has 13 heavy (non-hydrogen) atoms. The van der Waals surface area contributed by atoms with Gasteiger partial charge in [0, 0.05) is 0 Å². The Morgan fingerprint density at radius 2 is 2.46 bits per heavy atom. The molecule has 0 aliphatic heterocycles. The molecular weight excluding hydrogens is 206 g/mol. The van der Waals surface area contributed by atoms with E-state index in [1.54, 1.807) is 6.07 Å². The molecule has 0 aliphatic carbocycles. The molecule has 0 unspecified atom stereocenters. The van der Waals surface area contributed by atoms with E-state index in [4.69, 9.17) is 0 Å². The zero-order valence-electron chi connectivity index (χ0n) is 6.43. The average Bonchev–Trinajstić information content (AvgIpc) is 2.76. The van der Waals surface area contributed by atoms with Gasteiger partial charge in [0.15, 0.2) is 11.4 Å². The van der Waals surface area contributed by atoms with Crippen LogP contribution in [0.15, 0.2) is 27.8 Å². The van der Waals surface area contributed by atoms with Crippen molar-refractivity contribution in [2.24, 2.45) is 0 Å². The molecule has 0 atom stereocenters. The number of nitrogens with one attached hydrogen (secondary N) is 1. The molecule has 0 saturated carbocycles. The Morgan fingerprint density at radius 3 is 3.08 bits per heavy atom. The molecule has 0 saturated heterocycles. The van der Waals surface area contributed by atoms with Gasteiger partial charge in [-0.1, -0.05) is 0 Å². The largest absolute Gasteiger partial charge is 0.297 e. The molecule has 4 nitrogen and oxygen atoms in total. The van der Waals surface area contributed by atoms with Crippen molar-refractivity contribution in [2.45, 2.75) is 9.37 Å². The second kappa shape index (κ2) is 3.71. The topological polar surface area (TPSA) is 58.6 Å². The maximum Gasteiger partial charge on any atom is 0.189 e. The van der Waals surface area contributed by atoms with Gasteiger partial charge in [-0.3, -0.25) is 9.89 Å². The van der Waals surface area contributed by atoms with E-state index in [0.717, 1.165) is 20.5 Å². The summed E-state index contributed by atoms with van der Waals surface area (Å²) in [5.41, 5.74) is 0. The van der Waals surface area contributed by atoms with Gasteiger partial charge in [-0.15, -0.1) is 11.3 Å². The van der Waals surface area contributed by atoms with Crippen LogP contribution in [0.2, 0.25) is 0 Å². The number of rotatable bonds is 3. The van der Waals surface area contributed by atoms with Gasteiger partial charge in [-0.25, -0.2) is 4.98 Å². The summed E-state index contributed by atoms with van der Waals surface area (Å²) in [5, 5.41) is 7.19. The average molecular weight is 211 g/mol. The number of carbonyl (C=O) groups excluding carboxylic acids is 1. The molecule has 0 radical (unpaired) electrons. The van der Waals surface area contributed by atoms with Crippen molar-refractivity contribution in [1.82, 2.24) is 15.2 Å². The van der Waals surface area contributed by atoms with Crippen LogP contribution in [0.25, 0.3) is 0 Å². The summed E-state index contributed by atoms with van der Waals surface area (Å²) in [6.45, 7) is 0. The number of aldehydes is 1. The smallest absolute Gasteiger partial charge is 0.189 e. The highest BCUT2D eigenvalue weighted by molar-refractivity contribution is 8.01. The lowest BCUT2D eigenvalue weighted by Crippen LogP contribution is -1.71. The molecule has 2 aromatic rings. The van der Waals surface area contributed by atoms with E-state index >= 15 is 0 Å². The predicted octanol–water partition coefficient (Wildman–Crippen LogP) is 1.83. The molecule has 0 amide bonds. The van der Waals surface area contributed by atoms with Gasteiger partial charge in [-0.2, -0.15) is 5.10 Å². The van der Waals surface area contributed by atoms with Crippen LogP contribution in [0, 0.1) is 0 Å². The number of hydrogen-bond acceptors (Lipinski definition) is 5. The molecule has 2 aromatic heterocycles. The van der Waals surface area contributed by atoms with Crippen LogP contribution in [0.1, 0.15) is 9.67 Å². The van der Waals surface area contributed by atoms with Crippen molar-refractivity contribution >= 4 is 29.4 Å². The Labute approximate surface area is 82.4 Å². The second-order valence-electron chi connectivity index (χ2n) is 2.17. The van der Waals surface area contributed by atoms with Crippen molar-refractivity contribution < 1.29 is 4.79 Å². The summed E-state index contributed by atoms with van der Waals surface area (Å²) in [5.74, 6) is 0. The third kappa shape index (κ3) is 1.96. The predicted molar refractivity (Wildman–Crippen MR) is 50.2 cm³/mol. The van der Waals surface area contributed by atoms with Crippen molar-refractivity contribution in [3.05, 3.63) is 23.3 Å². The number of hydrogen-bond donors (Lipinski definition) is 1. The first kappa shape index (κ1) is 8.46. The Kier molecular flexibility index (Phi) is 2.42. The fourth-order valence-electron chi connectivity index (χ4n) is 0.791. The third-order valence-corrected chi connectivity index (χ3v) is 3.34. The normalized spacial score (nSPS) is 10.2. The number of aromatic nitrogens is 3. The Hall–Kier alpha value is -1.14. The highest BCUT2D eigenvalue weighted by atomic mass is 32.2. The molecule has 66 valence electrons. The summed E-state index contributed by atoms with van der Waals surface area (Å²) in [7, 11) is 0. The summed E-state index contributed by atoms with van der Waals surface area (Å²) in [6, 6.07) is 3.68. The standard InChI is InChI=1S/C7H5N3OS2/c11-3-5-1-2-6(12-5)13-7-8-4-9-10-7/h1-4H,(H,8,9,10). The molecule has 2 rings (SSSR count). The molecule has 0 fully saturated rings. The summed E-state index contributed by atoms with van der Waals surface area (Å²) in [4.78, 5) is 15.1. The Morgan fingerprint density at radius 1 is 1.54 bits per heavy atom. The Balaban J connectivity index is 2.14. The van der Waals surface area contributed by atoms with Gasteiger partial charge >= 0.3 is 0 Å². The molecule has 2 heterocycles. The number of nitrogens with zero attached hydrogens (tertiary/aromatic N) is 2. The van der Waals surface area contributed by atoms with Gasteiger partial charge in [0.05, 0.1) is 9.09 Å². The van der Waals surface area contributed by atoms with E-state index in [-0.39, 0.29) is 0 Å². The molecule has 0 aromatic carbocycles. The van der Waals surface area contributed by atoms with Gasteiger partial charge in [0.2, 0.25) is 0 Å². The maximum absolute atomic E-state index is 10.4. The van der Waals surface area contributed by atoms with Crippen LogP contribution in [0.5, 0.6) is 0 Å². The highest BCUT2D eigenvalue weighted by Gasteiger charge is 2.02. The maximum atomic E-state index is 10.4. The van der Waals surface area contributed by atoms with Crippen LogP contribution >= 0.6 is 23.1 Å². The molecular formula is C7H5N3OS2. The lowest BCUT2D eigenvalue weighted by atomic mass is 10.5. The minimum absolute atomic E-state index is 0.724. The quantitative estimate of drug-likeness (QED) is 0.787. The molecule has 1 N–H and O–H groups in total. The van der Waals surface area contributed by atoms with Crippen molar-refractivity contribution in [1.29, 1.82) is 0 Å². The van der Waals surface area contributed by atoms with E-state index in [0.29, 0.717) is 0 Å². The number of aromatic amines is 1. The first-order valence-electron chi connectivity index (χ1n) is 3.47. The third-order valence-electron chi connectivity index (χ3n) is 1.31. The minimum Gasteiger partial charge on any atom is -0.297 e. The van der Waals surface area contributed by atoms with Gasteiger partial charge in [0.1, 0.15) is 6.33 Å². The van der Waals surface area contributed by atoms with Crippen LogP contribution < -0.4 is 0 Å². The second-order valence-corrected chi connectivity index (χ2v) is 4.57. The number of H-pyrrole nitrogens is 1. The van der Waals surface area contributed by atoms with Crippen LogP contribution in [-0.4, -0.2) is 21.5 Å². The minimum atomic E-state index is 0.724. The SMILES string of the molecule is O=Cc1ccc(Sc2ncn[nH]2)s1. The fraction of sp³-hybridized carbons (Fsp3) is 0. The first-order chi connectivity index (χ1) is 6.38. The highest BCUT2D eigenvalue weighted by Crippen LogP contribution is 2.30. The van der Waals surface area contributed by atoms with Gasteiger partial charge in [0.25, 0.3) is 0 Å². The first-order valence-corrected chi connectivity index (χ1v) is 5.10. The molecule has 6 heteroatoms. The summed E-state index contributed by atoms with van der Waals surface area (Å²) in [6.07, 6.45) is 2.30. The van der Waals surface area contributed by atoms with Crippen LogP contribution in [-0.2, 0) is 0 Å². The van der Waals surface area contributed by atoms with E-state index in [1.165, 1.54) is 29.4 Å². The molecule has 0 spiro atoms. The van der Waals surface area contributed by atoms with Gasteiger partial charge < -0.3 is 0 Å². The summed E-state index contributed by atoms with van der Waals surface area (Å²) >= 11 is 2.90. The zero-order chi connectivity index (χ0) is 9.10. The fourth-order valence-corrected chi connectivity index (χ4v) is 2.56. The number of thiophene rings is 1. The Bertz CT molecular complexity index is 396. The lowest BCUT2D eigenvalue weighted by molar-refractivity contribution is 0.112. The van der Waals surface area contributed by atoms with Crippen LogP contribution in [0.3, 0.4) is 0 Å². The molecule has 0 aliphatic rings. The van der Waals surface area contributed by atoms with Crippen molar-refractivity contribution in [2.75, 3.05) is 0 Å². The van der Waals surface area contributed by atoms with Gasteiger partial charge in [-0.05, 0) is 23.9 Å².